The fourth-order valence-electron chi connectivity index (χ4n) is 2.08. The molecule has 0 aliphatic carbocycles. The second-order valence-electron chi connectivity index (χ2n) is 4.78. The number of carbonyl (C=O) groups excluding carboxylic acids is 1. The van der Waals surface area contributed by atoms with E-state index in [1.54, 1.807) is 38.1 Å². The van der Waals surface area contributed by atoms with Crippen molar-refractivity contribution in [3.8, 4) is 11.1 Å². The van der Waals surface area contributed by atoms with E-state index >= 15 is 0 Å². The highest BCUT2D eigenvalue weighted by atomic mass is 19.1. The molecule has 0 N–H and O–H groups in total. The fourth-order valence-corrected chi connectivity index (χ4v) is 2.08. The molecule has 0 saturated heterocycles. The first-order chi connectivity index (χ1) is 10.5. The highest BCUT2D eigenvalue weighted by molar-refractivity contribution is 5.91. The van der Waals surface area contributed by atoms with E-state index in [1.807, 2.05) is 0 Å². The standard InChI is InChI=1S/C18H16F2O2/c1-3-22-18(21)10-12(2)13-4-6-14(7-5-13)16-9-8-15(19)11-17(16)20/h4-11H,3H2,1-2H3/b12-10+. The predicted molar refractivity (Wildman–Crippen MR) is 82.1 cm³/mol. The molecule has 0 bridgehead atoms. The Morgan fingerprint density at radius 2 is 1.82 bits per heavy atom. The van der Waals surface area contributed by atoms with Gasteiger partial charge in [0.2, 0.25) is 0 Å². The number of benzene rings is 2. The molecule has 0 aliphatic rings. The van der Waals surface area contributed by atoms with Gasteiger partial charge in [0.1, 0.15) is 11.6 Å². The summed E-state index contributed by atoms with van der Waals surface area (Å²) >= 11 is 0. The van der Waals surface area contributed by atoms with Crippen molar-refractivity contribution in [2.75, 3.05) is 6.61 Å². The Kier molecular flexibility index (Phi) is 5.04. The number of hydrogen-bond acceptors (Lipinski definition) is 2. The van der Waals surface area contributed by atoms with Crippen LogP contribution in [0.15, 0.2) is 48.5 Å². The number of halogens is 2. The van der Waals surface area contributed by atoms with E-state index in [1.165, 1.54) is 18.2 Å². The van der Waals surface area contributed by atoms with Crippen molar-refractivity contribution in [3.63, 3.8) is 0 Å². The van der Waals surface area contributed by atoms with Gasteiger partial charge in [-0.05, 0) is 42.7 Å². The van der Waals surface area contributed by atoms with Gasteiger partial charge in [0.15, 0.2) is 0 Å². The third-order valence-electron chi connectivity index (χ3n) is 3.20. The van der Waals surface area contributed by atoms with Crippen LogP contribution in [-0.2, 0) is 9.53 Å². The first-order valence-electron chi connectivity index (χ1n) is 6.92. The molecule has 0 aromatic heterocycles. The summed E-state index contributed by atoms with van der Waals surface area (Å²) in [5.74, 6) is -1.61. The lowest BCUT2D eigenvalue weighted by molar-refractivity contribution is -0.137. The lowest BCUT2D eigenvalue weighted by atomic mass is 10.0. The second-order valence-corrected chi connectivity index (χ2v) is 4.78. The number of esters is 1. The summed E-state index contributed by atoms with van der Waals surface area (Å²) in [5, 5.41) is 0. The van der Waals surface area contributed by atoms with Crippen molar-refractivity contribution in [3.05, 3.63) is 65.7 Å². The molecule has 0 saturated carbocycles. The first kappa shape index (κ1) is 15.9. The van der Waals surface area contributed by atoms with Crippen LogP contribution < -0.4 is 0 Å². The van der Waals surface area contributed by atoms with Crippen LogP contribution in [-0.4, -0.2) is 12.6 Å². The van der Waals surface area contributed by atoms with E-state index < -0.39 is 17.6 Å². The fraction of sp³-hybridized carbons (Fsp3) is 0.167. The summed E-state index contributed by atoms with van der Waals surface area (Å²) in [6, 6.07) is 10.5. The van der Waals surface area contributed by atoms with Crippen LogP contribution in [0.3, 0.4) is 0 Å². The van der Waals surface area contributed by atoms with Gasteiger partial charge in [0, 0.05) is 17.7 Å². The smallest absolute Gasteiger partial charge is 0.331 e. The zero-order valence-electron chi connectivity index (χ0n) is 12.4. The zero-order valence-corrected chi connectivity index (χ0v) is 12.4. The molecule has 0 unspecified atom stereocenters. The Morgan fingerprint density at radius 1 is 1.14 bits per heavy atom. The number of hydrogen-bond donors (Lipinski definition) is 0. The van der Waals surface area contributed by atoms with Crippen LogP contribution in [0.2, 0.25) is 0 Å². The molecule has 22 heavy (non-hydrogen) atoms. The Hall–Kier alpha value is -2.49. The van der Waals surface area contributed by atoms with E-state index in [0.29, 0.717) is 17.7 Å². The molecule has 0 aliphatic heterocycles. The Labute approximate surface area is 128 Å². The molecule has 0 fully saturated rings. The number of allylic oxidation sites excluding steroid dienone is 1. The van der Waals surface area contributed by atoms with Crippen LogP contribution in [0.4, 0.5) is 8.78 Å². The highest BCUT2D eigenvalue weighted by Crippen LogP contribution is 2.25. The molecule has 0 radical (unpaired) electrons. The van der Waals surface area contributed by atoms with Crippen molar-refractivity contribution in [1.29, 1.82) is 0 Å². The van der Waals surface area contributed by atoms with E-state index in [9.17, 15) is 13.6 Å². The monoisotopic (exact) mass is 302 g/mol. The van der Waals surface area contributed by atoms with Crippen molar-refractivity contribution in [2.24, 2.45) is 0 Å². The molecule has 0 spiro atoms. The summed E-state index contributed by atoms with van der Waals surface area (Å²) in [6.45, 7) is 3.86. The molecule has 2 nitrogen and oxygen atoms in total. The molecule has 0 heterocycles. The van der Waals surface area contributed by atoms with E-state index in [4.69, 9.17) is 4.74 Å². The van der Waals surface area contributed by atoms with Gasteiger partial charge in [-0.25, -0.2) is 13.6 Å². The quantitative estimate of drug-likeness (QED) is 0.609. The highest BCUT2D eigenvalue weighted by Gasteiger charge is 2.07. The molecule has 0 atom stereocenters. The average molecular weight is 302 g/mol. The topological polar surface area (TPSA) is 26.3 Å². The molecule has 2 aromatic rings. The lowest BCUT2D eigenvalue weighted by Crippen LogP contribution is -2.00. The van der Waals surface area contributed by atoms with Crippen LogP contribution >= 0.6 is 0 Å². The van der Waals surface area contributed by atoms with E-state index in [-0.39, 0.29) is 0 Å². The predicted octanol–water partition coefficient (Wildman–Crippen LogP) is 4.60. The van der Waals surface area contributed by atoms with Crippen LogP contribution in [0.25, 0.3) is 16.7 Å². The maximum atomic E-state index is 13.7. The van der Waals surface area contributed by atoms with Gasteiger partial charge in [-0.15, -0.1) is 0 Å². The van der Waals surface area contributed by atoms with Gasteiger partial charge >= 0.3 is 5.97 Å². The molecular formula is C18H16F2O2. The van der Waals surface area contributed by atoms with Crippen molar-refractivity contribution in [1.82, 2.24) is 0 Å². The minimum Gasteiger partial charge on any atom is -0.463 e. The number of rotatable bonds is 4. The molecule has 2 aromatic carbocycles. The summed E-state index contributed by atoms with van der Waals surface area (Å²) < 4.78 is 31.5. The summed E-state index contributed by atoms with van der Waals surface area (Å²) in [4.78, 5) is 11.4. The van der Waals surface area contributed by atoms with E-state index in [0.717, 1.165) is 17.2 Å². The van der Waals surface area contributed by atoms with Gasteiger partial charge in [-0.3, -0.25) is 0 Å². The van der Waals surface area contributed by atoms with Gasteiger partial charge in [0.05, 0.1) is 6.61 Å². The molecule has 4 heteroatoms. The van der Waals surface area contributed by atoms with E-state index in [2.05, 4.69) is 0 Å². The maximum absolute atomic E-state index is 13.7. The van der Waals surface area contributed by atoms with Crippen LogP contribution in [0.1, 0.15) is 19.4 Å². The molecular weight excluding hydrogens is 286 g/mol. The minimum absolute atomic E-state index is 0.325. The summed E-state index contributed by atoms with van der Waals surface area (Å²) in [6.07, 6.45) is 1.41. The molecule has 114 valence electrons. The minimum atomic E-state index is -0.605. The average Bonchev–Trinajstić information content (AvgIpc) is 2.47. The van der Waals surface area contributed by atoms with Gasteiger partial charge < -0.3 is 4.74 Å². The zero-order chi connectivity index (χ0) is 16.1. The number of carbonyl (C=O) groups is 1. The van der Waals surface area contributed by atoms with Gasteiger partial charge in [-0.2, -0.15) is 0 Å². The largest absolute Gasteiger partial charge is 0.463 e. The SMILES string of the molecule is CCOC(=O)/C=C(\C)c1ccc(-c2ccc(F)cc2F)cc1. The Morgan fingerprint density at radius 3 is 2.41 bits per heavy atom. The lowest BCUT2D eigenvalue weighted by Gasteiger charge is -2.06. The number of ether oxygens (including phenoxy) is 1. The van der Waals surface area contributed by atoms with Gasteiger partial charge in [-0.1, -0.05) is 24.3 Å². The van der Waals surface area contributed by atoms with Crippen molar-refractivity contribution >= 4 is 11.5 Å². The third-order valence-corrected chi connectivity index (χ3v) is 3.20. The Bertz CT molecular complexity index is 704. The molecule has 0 amide bonds. The normalized spacial score (nSPS) is 11.4. The van der Waals surface area contributed by atoms with Crippen LogP contribution in [0.5, 0.6) is 0 Å². The third kappa shape index (κ3) is 3.79. The summed E-state index contributed by atoms with van der Waals surface area (Å²) in [7, 11) is 0. The van der Waals surface area contributed by atoms with Gasteiger partial charge in [0.25, 0.3) is 0 Å². The van der Waals surface area contributed by atoms with Crippen molar-refractivity contribution < 1.29 is 18.3 Å². The summed E-state index contributed by atoms with van der Waals surface area (Å²) in [5.41, 5.74) is 2.56. The molecule has 2 rings (SSSR count). The first-order valence-corrected chi connectivity index (χ1v) is 6.92. The maximum Gasteiger partial charge on any atom is 0.331 e. The van der Waals surface area contributed by atoms with Crippen molar-refractivity contribution in [2.45, 2.75) is 13.8 Å². The second kappa shape index (κ2) is 6.98. The van der Waals surface area contributed by atoms with Crippen LogP contribution in [0, 0.1) is 11.6 Å². The Balaban J connectivity index is 2.25.